The van der Waals surface area contributed by atoms with Crippen molar-refractivity contribution < 1.29 is 23.8 Å². The van der Waals surface area contributed by atoms with E-state index in [1.807, 2.05) is 30.3 Å². The van der Waals surface area contributed by atoms with Crippen LogP contribution in [-0.2, 0) is 20.7 Å². The Morgan fingerprint density at radius 1 is 1.18 bits per heavy atom. The van der Waals surface area contributed by atoms with Crippen LogP contribution in [-0.4, -0.2) is 31.8 Å². The van der Waals surface area contributed by atoms with Gasteiger partial charge in [0.2, 0.25) is 6.79 Å². The minimum absolute atomic E-state index is 0.116. The fraction of sp³-hybridized carbons (Fsp3) is 0.238. The van der Waals surface area contributed by atoms with E-state index in [-0.39, 0.29) is 19.3 Å². The van der Waals surface area contributed by atoms with Gasteiger partial charge in [-0.05, 0) is 42.2 Å². The Labute approximate surface area is 168 Å². The standard InChI is InChI=1S/C21H20ClNO5/c22-17-11-16(12-18-21(17)28-14-27-18)8-9-20(25)26-13-19(24)23-10-4-7-15-5-2-1-3-6-15/h1-3,5-6,8-9,11-12H,4,7,10,13-14H2,(H,23,24)/b9-8+. The van der Waals surface area contributed by atoms with Crippen molar-refractivity contribution in [2.45, 2.75) is 12.8 Å². The van der Waals surface area contributed by atoms with Crippen LogP contribution >= 0.6 is 11.6 Å². The van der Waals surface area contributed by atoms with Crippen LogP contribution < -0.4 is 14.8 Å². The van der Waals surface area contributed by atoms with Crippen LogP contribution in [0.1, 0.15) is 17.5 Å². The van der Waals surface area contributed by atoms with E-state index in [1.165, 1.54) is 17.7 Å². The van der Waals surface area contributed by atoms with Crippen LogP contribution in [0.15, 0.2) is 48.5 Å². The quantitative estimate of drug-likeness (QED) is 0.417. The second-order valence-corrected chi connectivity index (χ2v) is 6.52. The van der Waals surface area contributed by atoms with Gasteiger partial charge in [-0.2, -0.15) is 0 Å². The number of hydrogen-bond donors (Lipinski definition) is 1. The average molecular weight is 402 g/mol. The molecule has 0 bridgehead atoms. The monoisotopic (exact) mass is 401 g/mol. The van der Waals surface area contributed by atoms with Gasteiger partial charge in [0, 0.05) is 12.6 Å². The molecular formula is C21H20ClNO5. The van der Waals surface area contributed by atoms with Crippen LogP contribution in [0.25, 0.3) is 6.08 Å². The van der Waals surface area contributed by atoms with E-state index in [4.69, 9.17) is 25.8 Å². The molecule has 0 fully saturated rings. The molecule has 0 unspecified atom stereocenters. The summed E-state index contributed by atoms with van der Waals surface area (Å²) in [6, 6.07) is 13.4. The van der Waals surface area contributed by atoms with Gasteiger partial charge in [0.25, 0.3) is 5.91 Å². The van der Waals surface area contributed by atoms with Crippen molar-refractivity contribution in [3.8, 4) is 11.5 Å². The van der Waals surface area contributed by atoms with E-state index >= 15 is 0 Å². The highest BCUT2D eigenvalue weighted by atomic mass is 35.5. The first kappa shape index (κ1) is 19.8. The van der Waals surface area contributed by atoms with Crippen molar-refractivity contribution >= 4 is 29.6 Å². The zero-order valence-corrected chi connectivity index (χ0v) is 15.9. The molecule has 1 heterocycles. The normalized spacial score (nSPS) is 12.2. The summed E-state index contributed by atoms with van der Waals surface area (Å²) in [5, 5.41) is 3.13. The lowest BCUT2D eigenvalue weighted by molar-refractivity contribution is -0.143. The third-order valence-corrected chi connectivity index (χ3v) is 4.29. The molecule has 3 rings (SSSR count). The zero-order chi connectivity index (χ0) is 19.8. The van der Waals surface area contributed by atoms with Gasteiger partial charge in [0.1, 0.15) is 0 Å². The molecule has 146 valence electrons. The molecule has 0 saturated heterocycles. The Bertz CT molecular complexity index is 867. The van der Waals surface area contributed by atoms with Crippen molar-refractivity contribution in [1.82, 2.24) is 5.32 Å². The highest BCUT2D eigenvalue weighted by Crippen LogP contribution is 2.40. The molecule has 0 aliphatic carbocycles. The molecule has 0 spiro atoms. The molecule has 2 aromatic rings. The molecule has 1 amide bonds. The Kier molecular flexibility index (Phi) is 6.92. The van der Waals surface area contributed by atoms with Crippen molar-refractivity contribution in [3.05, 3.63) is 64.7 Å². The molecule has 2 aromatic carbocycles. The van der Waals surface area contributed by atoms with Crippen molar-refractivity contribution in [3.63, 3.8) is 0 Å². The van der Waals surface area contributed by atoms with Gasteiger partial charge in [-0.1, -0.05) is 41.9 Å². The highest BCUT2D eigenvalue weighted by molar-refractivity contribution is 6.32. The fourth-order valence-electron chi connectivity index (χ4n) is 2.65. The molecule has 7 heteroatoms. The summed E-state index contributed by atoms with van der Waals surface area (Å²) in [6.07, 6.45) is 4.46. The minimum atomic E-state index is -0.617. The van der Waals surface area contributed by atoms with Crippen molar-refractivity contribution in [1.29, 1.82) is 0 Å². The number of aryl methyl sites for hydroxylation is 1. The first-order valence-corrected chi connectivity index (χ1v) is 9.24. The number of esters is 1. The van der Waals surface area contributed by atoms with E-state index in [9.17, 15) is 9.59 Å². The summed E-state index contributed by atoms with van der Waals surface area (Å²) < 4.78 is 15.4. The van der Waals surface area contributed by atoms with Gasteiger partial charge in [-0.25, -0.2) is 4.79 Å². The molecule has 1 aliphatic heterocycles. The maximum Gasteiger partial charge on any atom is 0.331 e. The topological polar surface area (TPSA) is 73.9 Å². The summed E-state index contributed by atoms with van der Waals surface area (Å²) in [7, 11) is 0. The first-order chi connectivity index (χ1) is 13.6. The van der Waals surface area contributed by atoms with Gasteiger partial charge in [-0.15, -0.1) is 0 Å². The summed E-state index contributed by atoms with van der Waals surface area (Å²) in [6.45, 7) is 0.317. The maximum absolute atomic E-state index is 11.8. The SMILES string of the molecule is O=C(COC(=O)/C=C/c1cc(Cl)c2c(c1)OCO2)NCCCc1ccccc1. The largest absolute Gasteiger partial charge is 0.454 e. The fourth-order valence-corrected chi connectivity index (χ4v) is 2.92. The third kappa shape index (κ3) is 5.76. The predicted molar refractivity (Wildman–Crippen MR) is 105 cm³/mol. The highest BCUT2D eigenvalue weighted by Gasteiger charge is 2.17. The number of nitrogens with one attached hydrogen (secondary N) is 1. The summed E-state index contributed by atoms with van der Waals surface area (Å²) in [5.41, 5.74) is 1.88. The first-order valence-electron chi connectivity index (χ1n) is 8.86. The number of rotatable bonds is 8. The Morgan fingerprint density at radius 3 is 2.82 bits per heavy atom. The summed E-state index contributed by atoms with van der Waals surface area (Å²) in [5.74, 6) is 0.0647. The molecular weight excluding hydrogens is 382 g/mol. The smallest absolute Gasteiger partial charge is 0.331 e. The molecule has 0 aromatic heterocycles. The number of carbonyl (C=O) groups excluding carboxylic acids is 2. The van der Waals surface area contributed by atoms with Crippen LogP contribution in [0.4, 0.5) is 0 Å². The van der Waals surface area contributed by atoms with Crippen LogP contribution in [0.5, 0.6) is 11.5 Å². The number of ether oxygens (including phenoxy) is 3. The van der Waals surface area contributed by atoms with E-state index < -0.39 is 5.97 Å². The van der Waals surface area contributed by atoms with Gasteiger partial charge < -0.3 is 19.5 Å². The number of halogens is 1. The second-order valence-electron chi connectivity index (χ2n) is 6.12. The van der Waals surface area contributed by atoms with Gasteiger partial charge >= 0.3 is 5.97 Å². The Balaban J connectivity index is 1.36. The molecule has 1 aliphatic rings. The van der Waals surface area contributed by atoms with E-state index in [0.29, 0.717) is 28.6 Å². The predicted octanol–water partition coefficient (Wildman–Crippen LogP) is 3.37. The summed E-state index contributed by atoms with van der Waals surface area (Å²) in [4.78, 5) is 23.5. The molecule has 6 nitrogen and oxygen atoms in total. The average Bonchev–Trinajstić information content (AvgIpc) is 3.18. The van der Waals surface area contributed by atoms with Crippen molar-refractivity contribution in [2.75, 3.05) is 19.9 Å². The Morgan fingerprint density at radius 2 is 2.00 bits per heavy atom. The number of benzene rings is 2. The second kappa shape index (κ2) is 9.80. The molecule has 0 saturated carbocycles. The van der Waals surface area contributed by atoms with Crippen LogP contribution in [0, 0.1) is 0 Å². The Hall–Kier alpha value is -2.99. The molecule has 1 N–H and O–H groups in total. The van der Waals surface area contributed by atoms with Crippen LogP contribution in [0.3, 0.4) is 0 Å². The number of fused-ring (bicyclic) bond motifs is 1. The summed E-state index contributed by atoms with van der Waals surface area (Å²) >= 11 is 6.08. The number of amides is 1. The van der Waals surface area contributed by atoms with E-state index in [1.54, 1.807) is 12.1 Å². The molecule has 28 heavy (non-hydrogen) atoms. The van der Waals surface area contributed by atoms with E-state index in [0.717, 1.165) is 12.8 Å². The van der Waals surface area contributed by atoms with Gasteiger partial charge in [0.15, 0.2) is 18.1 Å². The lowest BCUT2D eigenvalue weighted by Crippen LogP contribution is -2.29. The van der Waals surface area contributed by atoms with Gasteiger partial charge in [-0.3, -0.25) is 4.79 Å². The lowest BCUT2D eigenvalue weighted by atomic mass is 10.1. The van der Waals surface area contributed by atoms with Gasteiger partial charge in [0.05, 0.1) is 5.02 Å². The zero-order valence-electron chi connectivity index (χ0n) is 15.2. The minimum Gasteiger partial charge on any atom is -0.454 e. The third-order valence-electron chi connectivity index (χ3n) is 4.01. The number of carbonyl (C=O) groups is 2. The van der Waals surface area contributed by atoms with E-state index in [2.05, 4.69) is 5.32 Å². The van der Waals surface area contributed by atoms with Crippen LogP contribution in [0.2, 0.25) is 5.02 Å². The number of hydrogen-bond acceptors (Lipinski definition) is 5. The van der Waals surface area contributed by atoms with Crippen molar-refractivity contribution in [2.24, 2.45) is 0 Å². The molecule has 0 radical (unpaired) electrons. The lowest BCUT2D eigenvalue weighted by Gasteiger charge is -2.05. The maximum atomic E-state index is 11.8. The molecule has 0 atom stereocenters.